The Labute approximate surface area is 219 Å². The number of nitrogens with zero attached hydrogens (tertiary/aromatic N) is 2. The Morgan fingerprint density at radius 1 is 1.09 bits per heavy atom. The van der Waals surface area contributed by atoms with Gasteiger partial charge in [-0.25, -0.2) is 8.42 Å². The van der Waals surface area contributed by atoms with Gasteiger partial charge in [0.15, 0.2) is 0 Å². The Balaban J connectivity index is 2.40. The van der Waals surface area contributed by atoms with Gasteiger partial charge < -0.3 is 10.2 Å². The molecule has 1 N–H and O–H groups in total. The molecule has 2 aromatic carbocycles. The molecule has 0 aliphatic carbocycles. The zero-order valence-electron chi connectivity index (χ0n) is 19.4. The molecule has 0 spiro atoms. The van der Waals surface area contributed by atoms with E-state index in [0.717, 1.165) is 10.6 Å². The van der Waals surface area contributed by atoms with Gasteiger partial charge in [-0.15, -0.1) is 0 Å². The van der Waals surface area contributed by atoms with Crippen LogP contribution in [-0.2, 0) is 26.2 Å². The third-order valence-corrected chi connectivity index (χ3v) is 7.20. The van der Waals surface area contributed by atoms with Gasteiger partial charge >= 0.3 is 0 Å². The zero-order chi connectivity index (χ0) is 25.6. The quantitative estimate of drug-likeness (QED) is 0.433. The van der Waals surface area contributed by atoms with E-state index in [1.54, 1.807) is 49.4 Å². The number of nitrogens with one attached hydrogen (secondary N) is 1. The smallest absolute Gasteiger partial charge is 0.244 e. The monoisotopic (exact) mass is 591 g/mol. The summed E-state index contributed by atoms with van der Waals surface area (Å²) in [5.74, 6) is -0.674. The fourth-order valence-electron chi connectivity index (χ4n) is 3.11. The predicted octanol–water partition coefficient (Wildman–Crippen LogP) is 4.71. The third-order valence-electron chi connectivity index (χ3n) is 4.98. The maximum absolute atomic E-state index is 13.5. The van der Waals surface area contributed by atoms with E-state index in [1.165, 1.54) is 4.90 Å². The maximum atomic E-state index is 13.5. The lowest BCUT2D eigenvalue weighted by Crippen LogP contribution is -2.51. The molecular weight excluding hydrogens is 565 g/mol. The maximum Gasteiger partial charge on any atom is 0.244 e. The van der Waals surface area contributed by atoms with Crippen molar-refractivity contribution in [2.45, 2.75) is 33.4 Å². The average molecular weight is 593 g/mol. The van der Waals surface area contributed by atoms with E-state index in [1.807, 2.05) is 13.8 Å². The molecule has 2 rings (SSSR count). The number of benzene rings is 2. The van der Waals surface area contributed by atoms with Gasteiger partial charge in [0.05, 0.1) is 11.9 Å². The highest BCUT2D eigenvalue weighted by molar-refractivity contribution is 9.10. The standard InChI is InChI=1S/C23H28BrCl2N3O4S/c1-15(2)12-27-23(31)16(3)28(13-17-8-9-19(25)11-21(17)26)22(30)14-29(34(4,32)33)20-7-5-6-18(24)10-20/h5-11,15-16H,12-14H2,1-4H3,(H,27,31)/t16-/m0/s1. The first-order valence-corrected chi connectivity index (χ1v) is 13.9. The van der Waals surface area contributed by atoms with E-state index in [0.29, 0.717) is 32.3 Å². The summed E-state index contributed by atoms with van der Waals surface area (Å²) in [5, 5.41) is 3.60. The molecule has 0 bridgehead atoms. The predicted molar refractivity (Wildman–Crippen MR) is 141 cm³/mol. The van der Waals surface area contributed by atoms with Crippen LogP contribution in [0.15, 0.2) is 46.9 Å². The molecule has 7 nitrogen and oxygen atoms in total. The van der Waals surface area contributed by atoms with Crippen molar-refractivity contribution in [3.05, 3.63) is 62.5 Å². The number of carbonyl (C=O) groups is 2. The van der Waals surface area contributed by atoms with E-state index < -0.39 is 28.5 Å². The first-order chi connectivity index (χ1) is 15.8. The van der Waals surface area contributed by atoms with Gasteiger partial charge in [-0.1, -0.05) is 65.1 Å². The first kappa shape index (κ1) is 28.4. The van der Waals surface area contributed by atoms with Gasteiger partial charge in [0, 0.05) is 27.6 Å². The number of amides is 2. The average Bonchev–Trinajstić information content (AvgIpc) is 2.73. The van der Waals surface area contributed by atoms with Crippen molar-refractivity contribution >= 4 is 66.7 Å². The lowest BCUT2D eigenvalue weighted by molar-refractivity contribution is -0.139. The van der Waals surface area contributed by atoms with Gasteiger partial charge in [-0.3, -0.25) is 13.9 Å². The van der Waals surface area contributed by atoms with Crippen molar-refractivity contribution < 1.29 is 18.0 Å². The molecule has 2 amide bonds. The number of hydrogen-bond acceptors (Lipinski definition) is 4. The van der Waals surface area contributed by atoms with Crippen LogP contribution >= 0.6 is 39.1 Å². The molecular formula is C23H28BrCl2N3O4S. The first-order valence-electron chi connectivity index (χ1n) is 10.5. The highest BCUT2D eigenvalue weighted by Crippen LogP contribution is 2.25. The number of carbonyl (C=O) groups excluding carboxylic acids is 2. The minimum Gasteiger partial charge on any atom is -0.354 e. The summed E-state index contributed by atoms with van der Waals surface area (Å²) in [6.45, 7) is 5.48. The Kier molecular flexibility index (Phi) is 10.2. The summed E-state index contributed by atoms with van der Waals surface area (Å²) in [7, 11) is -3.80. The Morgan fingerprint density at radius 2 is 1.76 bits per heavy atom. The van der Waals surface area contributed by atoms with Crippen LogP contribution in [0.5, 0.6) is 0 Å². The van der Waals surface area contributed by atoms with Crippen LogP contribution in [0.1, 0.15) is 26.3 Å². The van der Waals surface area contributed by atoms with E-state index >= 15 is 0 Å². The van der Waals surface area contributed by atoms with Crippen LogP contribution in [0.2, 0.25) is 10.0 Å². The number of rotatable bonds is 10. The van der Waals surface area contributed by atoms with Crippen LogP contribution in [0.4, 0.5) is 5.69 Å². The zero-order valence-corrected chi connectivity index (χ0v) is 23.3. The van der Waals surface area contributed by atoms with Gasteiger partial charge in [0.25, 0.3) is 0 Å². The minimum absolute atomic E-state index is 0.00118. The summed E-state index contributed by atoms with van der Waals surface area (Å²) in [6.07, 6.45) is 1.03. The molecule has 0 aromatic heterocycles. The largest absolute Gasteiger partial charge is 0.354 e. The molecule has 0 fully saturated rings. The topological polar surface area (TPSA) is 86.8 Å². The van der Waals surface area contributed by atoms with Crippen molar-refractivity contribution in [3.8, 4) is 0 Å². The van der Waals surface area contributed by atoms with Crippen LogP contribution in [0, 0.1) is 5.92 Å². The lowest BCUT2D eigenvalue weighted by atomic mass is 10.1. The fourth-order valence-corrected chi connectivity index (χ4v) is 4.81. The molecule has 0 unspecified atom stereocenters. The van der Waals surface area contributed by atoms with Crippen molar-refractivity contribution in [2.24, 2.45) is 5.92 Å². The molecule has 0 saturated carbocycles. The van der Waals surface area contributed by atoms with Gasteiger partial charge in [0.2, 0.25) is 21.8 Å². The van der Waals surface area contributed by atoms with Gasteiger partial charge in [0.1, 0.15) is 12.6 Å². The van der Waals surface area contributed by atoms with E-state index in [4.69, 9.17) is 23.2 Å². The molecule has 34 heavy (non-hydrogen) atoms. The van der Waals surface area contributed by atoms with Crippen molar-refractivity contribution in [1.82, 2.24) is 10.2 Å². The number of anilines is 1. The summed E-state index contributed by atoms with van der Waals surface area (Å²) in [4.78, 5) is 27.6. The fraction of sp³-hybridized carbons (Fsp3) is 0.391. The molecule has 0 aliphatic heterocycles. The molecule has 186 valence electrons. The number of halogens is 3. The number of sulfonamides is 1. The molecule has 0 aliphatic rings. The second-order valence-electron chi connectivity index (χ2n) is 8.32. The molecule has 0 heterocycles. The van der Waals surface area contributed by atoms with Crippen LogP contribution < -0.4 is 9.62 Å². The highest BCUT2D eigenvalue weighted by atomic mass is 79.9. The number of hydrogen-bond donors (Lipinski definition) is 1. The Hall–Kier alpha value is -1.81. The SMILES string of the molecule is CC(C)CNC(=O)[C@H](C)N(Cc1ccc(Cl)cc1Cl)C(=O)CN(c1cccc(Br)c1)S(C)(=O)=O. The molecule has 0 radical (unpaired) electrons. The normalized spacial score (nSPS) is 12.4. The van der Waals surface area contributed by atoms with Crippen molar-refractivity contribution in [3.63, 3.8) is 0 Å². The summed E-state index contributed by atoms with van der Waals surface area (Å²) < 4.78 is 26.8. The Bertz CT molecular complexity index is 1140. The lowest BCUT2D eigenvalue weighted by Gasteiger charge is -2.32. The van der Waals surface area contributed by atoms with Crippen molar-refractivity contribution in [1.29, 1.82) is 0 Å². The second kappa shape index (κ2) is 12.2. The van der Waals surface area contributed by atoms with Crippen LogP contribution in [-0.4, -0.2) is 50.5 Å². The minimum atomic E-state index is -3.80. The van der Waals surface area contributed by atoms with E-state index in [9.17, 15) is 18.0 Å². The second-order valence-corrected chi connectivity index (χ2v) is 12.0. The molecule has 0 saturated heterocycles. The highest BCUT2D eigenvalue weighted by Gasteiger charge is 2.30. The van der Waals surface area contributed by atoms with Crippen molar-refractivity contribution in [2.75, 3.05) is 23.7 Å². The van der Waals surface area contributed by atoms with E-state index in [2.05, 4.69) is 21.2 Å². The summed E-state index contributed by atoms with van der Waals surface area (Å²) in [5.41, 5.74) is 0.905. The molecule has 2 aromatic rings. The third kappa shape index (κ3) is 8.15. The molecule has 1 atom stereocenters. The van der Waals surface area contributed by atoms with Gasteiger partial charge in [-0.05, 0) is 48.7 Å². The van der Waals surface area contributed by atoms with E-state index in [-0.39, 0.29) is 18.4 Å². The molecule has 11 heteroatoms. The van der Waals surface area contributed by atoms with Gasteiger partial charge in [-0.2, -0.15) is 0 Å². The summed E-state index contributed by atoms with van der Waals surface area (Å²) >= 11 is 15.6. The Morgan fingerprint density at radius 3 is 2.32 bits per heavy atom. The summed E-state index contributed by atoms with van der Waals surface area (Å²) in [6, 6.07) is 10.6. The van der Waals surface area contributed by atoms with Crippen LogP contribution in [0.25, 0.3) is 0 Å². The van der Waals surface area contributed by atoms with Crippen LogP contribution in [0.3, 0.4) is 0 Å².